The summed E-state index contributed by atoms with van der Waals surface area (Å²) in [7, 11) is 0. The van der Waals surface area contributed by atoms with Crippen LogP contribution >= 0.6 is 11.8 Å². The van der Waals surface area contributed by atoms with Crippen LogP contribution in [0.4, 0.5) is 24.5 Å². The molecule has 0 saturated carbocycles. The van der Waals surface area contributed by atoms with Crippen molar-refractivity contribution in [2.24, 2.45) is 0 Å². The topological polar surface area (TPSA) is 53.2 Å². The number of carbonyl (C=O) groups is 1. The van der Waals surface area contributed by atoms with Gasteiger partial charge in [-0.15, -0.1) is 0 Å². The number of benzene rings is 1. The van der Waals surface area contributed by atoms with Gasteiger partial charge in [-0.05, 0) is 12.1 Å². The molecule has 0 spiro atoms. The third-order valence-corrected chi connectivity index (χ3v) is 4.24. The normalized spacial score (nSPS) is 18.8. The molecule has 0 aromatic heterocycles. The van der Waals surface area contributed by atoms with Gasteiger partial charge < -0.3 is 16.0 Å². The Bertz CT molecular complexity index is 504. The summed E-state index contributed by atoms with van der Waals surface area (Å²) >= 11 is 1.79. The van der Waals surface area contributed by atoms with Crippen LogP contribution in [0.2, 0.25) is 0 Å². The van der Waals surface area contributed by atoms with Gasteiger partial charge in [0.15, 0.2) is 0 Å². The monoisotopic (exact) mass is 333 g/mol. The second-order valence-electron chi connectivity index (χ2n) is 4.99. The second kappa shape index (κ2) is 7.73. The quantitative estimate of drug-likeness (QED) is 0.775. The van der Waals surface area contributed by atoms with E-state index in [0.29, 0.717) is 12.1 Å². The molecule has 2 rings (SSSR count). The van der Waals surface area contributed by atoms with Crippen LogP contribution in [0.5, 0.6) is 0 Å². The smallest absolute Gasteiger partial charge is 0.375 e. The van der Waals surface area contributed by atoms with Crippen LogP contribution in [-0.2, 0) is 4.79 Å². The third kappa shape index (κ3) is 5.76. The highest BCUT2D eigenvalue weighted by molar-refractivity contribution is 7.99. The Balaban J connectivity index is 1.92. The number of anilines is 2. The zero-order chi connectivity index (χ0) is 16.0. The summed E-state index contributed by atoms with van der Waals surface area (Å²) in [4.78, 5) is 12.0. The number of rotatable bonds is 5. The van der Waals surface area contributed by atoms with Crippen LogP contribution in [0.1, 0.15) is 6.42 Å². The number of hydrogen-bond donors (Lipinski definition) is 3. The molecular weight excluding hydrogens is 315 g/mol. The van der Waals surface area contributed by atoms with Gasteiger partial charge in [0.1, 0.15) is 6.54 Å². The SMILES string of the molecule is O=C(CC1CSCCN1)Nc1ccccc1NCC(F)(F)F. The minimum atomic E-state index is -4.31. The zero-order valence-corrected chi connectivity index (χ0v) is 12.7. The molecule has 8 heteroatoms. The molecule has 1 atom stereocenters. The first kappa shape index (κ1) is 17.0. The highest BCUT2D eigenvalue weighted by atomic mass is 32.2. The highest BCUT2D eigenvalue weighted by Gasteiger charge is 2.27. The lowest BCUT2D eigenvalue weighted by Gasteiger charge is -2.22. The molecule has 0 aliphatic carbocycles. The van der Waals surface area contributed by atoms with Crippen molar-refractivity contribution in [1.82, 2.24) is 5.32 Å². The fourth-order valence-electron chi connectivity index (χ4n) is 2.12. The van der Waals surface area contributed by atoms with E-state index in [1.165, 1.54) is 6.07 Å². The van der Waals surface area contributed by atoms with Crippen molar-refractivity contribution in [2.75, 3.05) is 35.2 Å². The van der Waals surface area contributed by atoms with E-state index in [9.17, 15) is 18.0 Å². The van der Waals surface area contributed by atoms with E-state index in [2.05, 4.69) is 16.0 Å². The van der Waals surface area contributed by atoms with Gasteiger partial charge >= 0.3 is 6.18 Å². The fraction of sp³-hybridized carbons (Fsp3) is 0.500. The van der Waals surface area contributed by atoms with E-state index in [1.807, 2.05) is 0 Å². The lowest BCUT2D eigenvalue weighted by atomic mass is 10.2. The van der Waals surface area contributed by atoms with Crippen molar-refractivity contribution in [3.8, 4) is 0 Å². The molecule has 0 radical (unpaired) electrons. The second-order valence-corrected chi connectivity index (χ2v) is 6.14. The molecule has 1 fully saturated rings. The van der Waals surface area contributed by atoms with Crippen LogP contribution < -0.4 is 16.0 Å². The number of para-hydroxylation sites is 2. The van der Waals surface area contributed by atoms with Crippen molar-refractivity contribution in [3.05, 3.63) is 24.3 Å². The Morgan fingerprint density at radius 3 is 2.68 bits per heavy atom. The molecule has 1 heterocycles. The average Bonchev–Trinajstić information content (AvgIpc) is 2.46. The molecule has 1 unspecified atom stereocenters. The average molecular weight is 333 g/mol. The molecule has 1 saturated heterocycles. The lowest BCUT2D eigenvalue weighted by molar-refractivity contribution is -0.116. The lowest BCUT2D eigenvalue weighted by Crippen LogP contribution is -2.40. The predicted octanol–water partition coefficient (Wildman–Crippen LogP) is 2.69. The number of carbonyl (C=O) groups excluding carboxylic acids is 1. The molecule has 1 aliphatic heterocycles. The molecule has 1 aromatic carbocycles. The summed E-state index contributed by atoms with van der Waals surface area (Å²) in [5.74, 6) is 1.69. The Hall–Kier alpha value is -1.41. The maximum Gasteiger partial charge on any atom is 0.405 e. The largest absolute Gasteiger partial charge is 0.405 e. The van der Waals surface area contributed by atoms with E-state index in [4.69, 9.17) is 0 Å². The first-order valence-corrected chi connectivity index (χ1v) is 8.10. The summed E-state index contributed by atoms with van der Waals surface area (Å²) in [6.07, 6.45) is -4.00. The van der Waals surface area contributed by atoms with E-state index in [0.717, 1.165) is 18.1 Å². The zero-order valence-electron chi connectivity index (χ0n) is 11.9. The maximum absolute atomic E-state index is 12.3. The van der Waals surface area contributed by atoms with Crippen molar-refractivity contribution >= 4 is 29.0 Å². The summed E-state index contributed by atoms with van der Waals surface area (Å²) in [5.41, 5.74) is 0.624. The van der Waals surface area contributed by atoms with Crippen molar-refractivity contribution in [3.63, 3.8) is 0 Å². The van der Waals surface area contributed by atoms with E-state index >= 15 is 0 Å². The molecule has 0 bridgehead atoms. The van der Waals surface area contributed by atoms with E-state index < -0.39 is 12.7 Å². The molecule has 1 aromatic rings. The first-order valence-electron chi connectivity index (χ1n) is 6.95. The van der Waals surface area contributed by atoms with Crippen LogP contribution in [0.25, 0.3) is 0 Å². The van der Waals surface area contributed by atoms with Gasteiger partial charge in [0.25, 0.3) is 0 Å². The minimum absolute atomic E-state index is 0.106. The number of hydrogen-bond acceptors (Lipinski definition) is 4. The molecule has 1 aliphatic rings. The van der Waals surface area contributed by atoms with Crippen molar-refractivity contribution in [1.29, 1.82) is 0 Å². The van der Waals surface area contributed by atoms with Crippen LogP contribution in [0.3, 0.4) is 0 Å². The highest BCUT2D eigenvalue weighted by Crippen LogP contribution is 2.24. The number of nitrogens with one attached hydrogen (secondary N) is 3. The number of alkyl halides is 3. The van der Waals surface area contributed by atoms with Gasteiger partial charge in [0.05, 0.1) is 11.4 Å². The Labute approximate surface area is 131 Å². The molecule has 4 nitrogen and oxygen atoms in total. The first-order chi connectivity index (χ1) is 10.4. The van der Waals surface area contributed by atoms with Crippen LogP contribution in [0, 0.1) is 0 Å². The Morgan fingerprint density at radius 2 is 2.05 bits per heavy atom. The molecule has 1 amide bonds. The number of thioether (sulfide) groups is 1. The van der Waals surface area contributed by atoms with E-state index in [1.54, 1.807) is 30.0 Å². The van der Waals surface area contributed by atoms with Gasteiger partial charge in [0.2, 0.25) is 5.91 Å². The van der Waals surface area contributed by atoms with Gasteiger partial charge in [-0.25, -0.2) is 0 Å². The van der Waals surface area contributed by atoms with Gasteiger partial charge in [-0.2, -0.15) is 24.9 Å². The van der Waals surface area contributed by atoms with Crippen LogP contribution in [-0.4, -0.2) is 42.7 Å². The molecular formula is C14H18F3N3OS. The Morgan fingerprint density at radius 1 is 1.32 bits per heavy atom. The third-order valence-electron chi connectivity index (χ3n) is 3.11. The maximum atomic E-state index is 12.3. The molecule has 22 heavy (non-hydrogen) atoms. The van der Waals surface area contributed by atoms with Gasteiger partial charge in [-0.3, -0.25) is 4.79 Å². The fourth-order valence-corrected chi connectivity index (χ4v) is 3.07. The van der Waals surface area contributed by atoms with Crippen LogP contribution in [0.15, 0.2) is 24.3 Å². The molecule has 3 N–H and O–H groups in total. The van der Waals surface area contributed by atoms with E-state index in [-0.39, 0.29) is 17.6 Å². The summed E-state index contributed by atoms with van der Waals surface area (Å²) in [6.45, 7) is -0.271. The Kier molecular flexibility index (Phi) is 5.96. The number of amides is 1. The van der Waals surface area contributed by atoms with Crippen molar-refractivity contribution in [2.45, 2.75) is 18.6 Å². The van der Waals surface area contributed by atoms with Crippen molar-refractivity contribution < 1.29 is 18.0 Å². The number of halogens is 3. The summed E-state index contributed by atoms with van der Waals surface area (Å²) in [5, 5.41) is 8.23. The standard InChI is InChI=1S/C14H18F3N3OS/c15-14(16,17)9-19-11-3-1-2-4-12(11)20-13(21)7-10-8-22-6-5-18-10/h1-4,10,18-19H,5-9H2,(H,20,21). The summed E-state index contributed by atoms with van der Waals surface area (Å²) < 4.78 is 36.9. The summed E-state index contributed by atoms with van der Waals surface area (Å²) in [6, 6.07) is 6.49. The van der Waals surface area contributed by atoms with Gasteiger partial charge in [-0.1, -0.05) is 12.1 Å². The predicted molar refractivity (Wildman–Crippen MR) is 83.3 cm³/mol. The van der Waals surface area contributed by atoms with Gasteiger partial charge in [0, 0.05) is 30.5 Å². The minimum Gasteiger partial charge on any atom is -0.375 e. The molecule has 122 valence electrons.